The van der Waals surface area contributed by atoms with E-state index in [1.807, 2.05) is 0 Å². The van der Waals surface area contributed by atoms with E-state index in [2.05, 4.69) is 6.58 Å². The van der Waals surface area contributed by atoms with Crippen LogP contribution in [0.1, 0.15) is 51.4 Å². The van der Waals surface area contributed by atoms with Gasteiger partial charge in [-0.1, -0.05) is 18.7 Å². The van der Waals surface area contributed by atoms with Gasteiger partial charge in [0.05, 0.1) is 66.1 Å². The van der Waals surface area contributed by atoms with Gasteiger partial charge in [0.1, 0.15) is 5.75 Å². The maximum absolute atomic E-state index is 14.7. The zero-order valence-electron chi connectivity index (χ0n) is 27.8. The summed E-state index contributed by atoms with van der Waals surface area (Å²) < 4.78 is 67.3. The molecule has 1 heterocycles. The lowest BCUT2D eigenvalue weighted by atomic mass is 10.0. The van der Waals surface area contributed by atoms with Gasteiger partial charge in [0.25, 0.3) is 0 Å². The minimum Gasteiger partial charge on any atom is -0.494 e. The van der Waals surface area contributed by atoms with Gasteiger partial charge in [-0.25, -0.2) is 18.4 Å². The maximum atomic E-state index is 14.7. The predicted octanol–water partition coefficient (Wildman–Crippen LogP) is 6.74. The third-order valence-electron chi connectivity index (χ3n) is 7.43. The molecule has 0 aromatic heterocycles. The Kier molecular flexibility index (Phi) is 19.0. The topological polar surface area (TPSA) is 102 Å². The summed E-state index contributed by atoms with van der Waals surface area (Å²) in [5.41, 5.74) is 1.05. The highest BCUT2D eigenvalue weighted by Gasteiger charge is 2.16. The van der Waals surface area contributed by atoms with Crippen molar-refractivity contribution in [2.75, 3.05) is 79.2 Å². The van der Waals surface area contributed by atoms with Gasteiger partial charge < -0.3 is 38.1 Å². The summed E-state index contributed by atoms with van der Waals surface area (Å²) >= 11 is 0. The SMILES string of the molecule is C=CC(=O)OCCCCCCOc1c(F)cc(-c2ccc(OCCCCCCOC(=O)N3CCOCCOCCOCC3)cc2)cc1F. The molecule has 1 aliphatic rings. The summed E-state index contributed by atoms with van der Waals surface area (Å²) in [4.78, 5) is 25.1. The third kappa shape index (κ3) is 15.4. The zero-order valence-corrected chi connectivity index (χ0v) is 27.8. The molecule has 1 amide bonds. The monoisotopic (exact) mass is 677 g/mol. The number of unbranched alkanes of at least 4 members (excludes halogenated alkanes) is 6. The summed E-state index contributed by atoms with van der Waals surface area (Å²) in [6, 6.07) is 9.59. The first-order valence-corrected chi connectivity index (χ1v) is 16.8. The molecular formula is C36H49F2NO9. The number of ether oxygens (including phenoxy) is 7. The molecule has 0 unspecified atom stereocenters. The number of carbonyl (C=O) groups is 2. The van der Waals surface area contributed by atoms with Gasteiger partial charge in [-0.15, -0.1) is 0 Å². The van der Waals surface area contributed by atoms with Gasteiger partial charge in [0, 0.05) is 19.2 Å². The number of benzene rings is 2. The highest BCUT2D eigenvalue weighted by molar-refractivity contribution is 5.81. The van der Waals surface area contributed by atoms with Crippen molar-refractivity contribution in [3.8, 4) is 22.6 Å². The van der Waals surface area contributed by atoms with E-state index in [1.165, 1.54) is 12.1 Å². The molecule has 0 aliphatic carbocycles. The first-order chi connectivity index (χ1) is 23.5. The fourth-order valence-electron chi connectivity index (χ4n) is 4.76. The second-order valence-corrected chi connectivity index (χ2v) is 11.1. The van der Waals surface area contributed by atoms with Crippen molar-refractivity contribution >= 4 is 12.1 Å². The fourth-order valence-corrected chi connectivity index (χ4v) is 4.76. The molecule has 12 heteroatoms. The van der Waals surface area contributed by atoms with E-state index in [9.17, 15) is 18.4 Å². The van der Waals surface area contributed by atoms with E-state index >= 15 is 0 Å². The molecule has 0 saturated carbocycles. The third-order valence-corrected chi connectivity index (χ3v) is 7.43. The summed E-state index contributed by atoms with van der Waals surface area (Å²) in [5.74, 6) is -1.69. The summed E-state index contributed by atoms with van der Waals surface area (Å²) in [6.07, 6.45) is 7.08. The van der Waals surface area contributed by atoms with Crippen molar-refractivity contribution in [2.24, 2.45) is 0 Å². The number of hydrogen-bond donors (Lipinski definition) is 0. The Bertz CT molecular complexity index is 1190. The van der Waals surface area contributed by atoms with Gasteiger partial charge in [-0.05, 0) is 86.8 Å². The average molecular weight is 678 g/mol. The van der Waals surface area contributed by atoms with Gasteiger partial charge in [-0.3, -0.25) is 0 Å². The Morgan fingerprint density at radius 2 is 1.17 bits per heavy atom. The highest BCUT2D eigenvalue weighted by Crippen LogP contribution is 2.30. The lowest BCUT2D eigenvalue weighted by Gasteiger charge is -2.22. The van der Waals surface area contributed by atoms with Crippen LogP contribution >= 0.6 is 0 Å². The highest BCUT2D eigenvalue weighted by atomic mass is 19.1. The number of esters is 1. The molecule has 0 N–H and O–H groups in total. The van der Waals surface area contributed by atoms with Crippen LogP contribution in [0.5, 0.6) is 11.5 Å². The summed E-state index contributed by atoms with van der Waals surface area (Å²) in [7, 11) is 0. The summed E-state index contributed by atoms with van der Waals surface area (Å²) in [6.45, 7) is 8.41. The van der Waals surface area contributed by atoms with Crippen molar-refractivity contribution in [1.82, 2.24) is 4.90 Å². The van der Waals surface area contributed by atoms with Gasteiger partial charge in [0.15, 0.2) is 17.4 Å². The Morgan fingerprint density at radius 1 is 0.667 bits per heavy atom. The van der Waals surface area contributed by atoms with Crippen LogP contribution < -0.4 is 9.47 Å². The Hall–Kier alpha value is -3.74. The molecule has 0 radical (unpaired) electrons. The van der Waals surface area contributed by atoms with Crippen LogP contribution in [0.15, 0.2) is 49.1 Å². The van der Waals surface area contributed by atoms with Gasteiger partial charge >= 0.3 is 12.1 Å². The van der Waals surface area contributed by atoms with Gasteiger partial charge in [0.2, 0.25) is 0 Å². The maximum Gasteiger partial charge on any atom is 0.409 e. The van der Waals surface area contributed by atoms with E-state index in [4.69, 9.17) is 33.2 Å². The molecule has 1 aliphatic heterocycles. The molecule has 1 fully saturated rings. The van der Waals surface area contributed by atoms with Crippen LogP contribution in [-0.4, -0.2) is 96.1 Å². The van der Waals surface area contributed by atoms with Crippen molar-refractivity contribution < 1.29 is 51.5 Å². The first kappa shape index (κ1) is 38.7. The molecule has 266 valence electrons. The molecule has 2 aromatic rings. The van der Waals surface area contributed by atoms with E-state index in [0.717, 1.165) is 44.6 Å². The smallest absolute Gasteiger partial charge is 0.409 e. The van der Waals surface area contributed by atoms with Crippen molar-refractivity contribution in [3.05, 3.63) is 60.7 Å². The largest absolute Gasteiger partial charge is 0.494 e. The Labute approximate surface area is 282 Å². The van der Waals surface area contributed by atoms with Crippen LogP contribution in [0.4, 0.5) is 13.6 Å². The molecule has 2 aromatic carbocycles. The lowest BCUT2D eigenvalue weighted by Crippen LogP contribution is -2.37. The Morgan fingerprint density at radius 3 is 1.73 bits per heavy atom. The molecule has 0 spiro atoms. The van der Waals surface area contributed by atoms with Crippen LogP contribution in [-0.2, 0) is 28.5 Å². The molecule has 48 heavy (non-hydrogen) atoms. The number of nitrogens with zero attached hydrogens (tertiary/aromatic N) is 1. The van der Waals surface area contributed by atoms with Crippen molar-refractivity contribution in [1.29, 1.82) is 0 Å². The minimum atomic E-state index is -0.759. The summed E-state index contributed by atoms with van der Waals surface area (Å²) in [5, 5.41) is 0. The first-order valence-electron chi connectivity index (χ1n) is 16.8. The van der Waals surface area contributed by atoms with Crippen LogP contribution in [0, 0.1) is 11.6 Å². The molecule has 3 rings (SSSR count). The number of amides is 1. The zero-order chi connectivity index (χ0) is 34.2. The molecular weight excluding hydrogens is 628 g/mol. The molecule has 0 bridgehead atoms. The van der Waals surface area contributed by atoms with E-state index in [1.54, 1.807) is 29.2 Å². The van der Waals surface area contributed by atoms with Crippen LogP contribution in [0.25, 0.3) is 11.1 Å². The van der Waals surface area contributed by atoms with E-state index in [0.29, 0.717) is 102 Å². The second-order valence-electron chi connectivity index (χ2n) is 11.1. The van der Waals surface area contributed by atoms with Gasteiger partial charge in [-0.2, -0.15) is 0 Å². The second kappa shape index (κ2) is 23.6. The normalized spacial score (nSPS) is 14.3. The lowest BCUT2D eigenvalue weighted by molar-refractivity contribution is -0.137. The van der Waals surface area contributed by atoms with Crippen molar-refractivity contribution in [2.45, 2.75) is 51.4 Å². The number of hydrogen-bond acceptors (Lipinski definition) is 9. The van der Waals surface area contributed by atoms with Crippen LogP contribution in [0.2, 0.25) is 0 Å². The number of carbonyl (C=O) groups excluding carboxylic acids is 2. The average Bonchev–Trinajstić information content (AvgIpc) is 3.08. The quantitative estimate of drug-likeness (QED) is 0.0965. The predicted molar refractivity (Wildman–Crippen MR) is 176 cm³/mol. The fraction of sp³-hybridized carbons (Fsp3) is 0.556. The van der Waals surface area contributed by atoms with Crippen molar-refractivity contribution in [3.63, 3.8) is 0 Å². The molecule has 1 saturated heterocycles. The molecule has 0 atom stereocenters. The standard InChI is InChI=1S/C36H49F2NO9/c1-2-34(40)46-18-8-4-5-9-19-47-35-32(37)27-30(28-33(35)38)29-11-13-31(14-12-29)45-17-7-3-6-10-20-48-36(41)39-15-21-42-23-25-44-26-24-43-22-16-39/h2,11-14,27-28H,1,3-10,15-26H2. The van der Waals surface area contributed by atoms with E-state index < -0.39 is 17.6 Å². The number of halogens is 2. The molecule has 10 nitrogen and oxygen atoms in total. The van der Waals surface area contributed by atoms with Crippen LogP contribution in [0.3, 0.4) is 0 Å². The van der Waals surface area contributed by atoms with E-state index in [-0.39, 0.29) is 18.4 Å². The Balaban J connectivity index is 1.28. The number of rotatable bonds is 18. The minimum absolute atomic E-state index is 0.182.